The molecule has 0 bridgehead atoms. The van der Waals surface area contributed by atoms with Crippen molar-refractivity contribution in [3.05, 3.63) is 47.5 Å². The Morgan fingerprint density at radius 1 is 1.37 bits per heavy atom. The second kappa shape index (κ2) is 6.02. The van der Waals surface area contributed by atoms with Crippen LogP contribution in [0.3, 0.4) is 0 Å². The molecule has 1 aliphatic rings. The van der Waals surface area contributed by atoms with Crippen molar-refractivity contribution in [1.29, 1.82) is 0 Å². The third-order valence-electron chi connectivity index (χ3n) is 3.54. The van der Waals surface area contributed by atoms with Crippen LogP contribution in [0.25, 0.3) is 0 Å². The van der Waals surface area contributed by atoms with Crippen LogP contribution in [0, 0.1) is 12.8 Å². The van der Waals surface area contributed by atoms with Gasteiger partial charge in [0.15, 0.2) is 0 Å². The summed E-state index contributed by atoms with van der Waals surface area (Å²) in [6.45, 7) is 6.64. The smallest absolute Gasteiger partial charge is 0.311 e. The summed E-state index contributed by atoms with van der Waals surface area (Å²) in [4.78, 5) is 12.0. The first-order valence-electron chi connectivity index (χ1n) is 6.54. The van der Waals surface area contributed by atoms with Gasteiger partial charge in [-0.2, -0.15) is 0 Å². The van der Waals surface area contributed by atoms with Crippen LogP contribution in [0.5, 0.6) is 0 Å². The molecular formula is C16H20O3. The normalized spacial score (nSPS) is 23.8. The summed E-state index contributed by atoms with van der Waals surface area (Å²) < 4.78 is 10.8. The van der Waals surface area contributed by atoms with Gasteiger partial charge in [-0.3, -0.25) is 4.79 Å². The molecule has 0 spiro atoms. The van der Waals surface area contributed by atoms with Crippen molar-refractivity contribution in [1.82, 2.24) is 0 Å². The number of ether oxygens (including phenoxy) is 2. The van der Waals surface area contributed by atoms with Crippen LogP contribution in [0.15, 0.2) is 36.4 Å². The number of benzene rings is 1. The number of esters is 1. The van der Waals surface area contributed by atoms with Crippen molar-refractivity contribution in [2.75, 3.05) is 13.7 Å². The van der Waals surface area contributed by atoms with Gasteiger partial charge < -0.3 is 9.47 Å². The molecule has 1 aliphatic heterocycles. The minimum atomic E-state index is -0.303. The standard InChI is InChI=1S/C16H20O3/c1-11-4-6-13(7-5-11)15-14(16(17)18-3)10-12(2)8-9-19-15/h4-7,14-15H,2,8-10H2,1,3H3. The summed E-state index contributed by atoms with van der Waals surface area (Å²) in [7, 11) is 1.42. The lowest BCUT2D eigenvalue weighted by atomic mass is 9.90. The average Bonchev–Trinajstić information content (AvgIpc) is 2.61. The quantitative estimate of drug-likeness (QED) is 0.605. The van der Waals surface area contributed by atoms with Crippen molar-refractivity contribution >= 4 is 5.97 Å². The maximum Gasteiger partial charge on any atom is 0.311 e. The Bertz CT molecular complexity index is 461. The lowest BCUT2D eigenvalue weighted by Crippen LogP contribution is -2.24. The Labute approximate surface area is 114 Å². The van der Waals surface area contributed by atoms with Crippen LogP contribution >= 0.6 is 0 Å². The first-order chi connectivity index (χ1) is 9.11. The molecule has 1 fully saturated rings. The monoisotopic (exact) mass is 260 g/mol. The van der Waals surface area contributed by atoms with E-state index in [4.69, 9.17) is 9.47 Å². The van der Waals surface area contributed by atoms with Crippen molar-refractivity contribution in [3.8, 4) is 0 Å². The van der Waals surface area contributed by atoms with Crippen molar-refractivity contribution in [2.45, 2.75) is 25.9 Å². The fourth-order valence-electron chi connectivity index (χ4n) is 2.41. The lowest BCUT2D eigenvalue weighted by molar-refractivity contribution is -0.150. The third-order valence-corrected chi connectivity index (χ3v) is 3.54. The summed E-state index contributed by atoms with van der Waals surface area (Å²) in [5.41, 5.74) is 3.26. The first kappa shape index (κ1) is 13.8. The third kappa shape index (κ3) is 3.24. The number of hydrogen-bond donors (Lipinski definition) is 0. The van der Waals surface area contributed by atoms with Gasteiger partial charge in [-0.15, -0.1) is 0 Å². The minimum absolute atomic E-state index is 0.228. The highest BCUT2D eigenvalue weighted by molar-refractivity contribution is 5.73. The van der Waals surface area contributed by atoms with E-state index in [1.165, 1.54) is 12.7 Å². The van der Waals surface area contributed by atoms with E-state index in [2.05, 4.69) is 6.58 Å². The summed E-state index contributed by atoms with van der Waals surface area (Å²) in [5.74, 6) is -0.531. The van der Waals surface area contributed by atoms with E-state index in [0.29, 0.717) is 13.0 Å². The molecule has 0 radical (unpaired) electrons. The molecule has 0 aliphatic carbocycles. The Morgan fingerprint density at radius 2 is 2.05 bits per heavy atom. The minimum Gasteiger partial charge on any atom is -0.469 e. The molecule has 0 N–H and O–H groups in total. The van der Waals surface area contributed by atoms with Crippen molar-refractivity contribution in [2.24, 2.45) is 5.92 Å². The highest BCUT2D eigenvalue weighted by atomic mass is 16.5. The van der Waals surface area contributed by atoms with E-state index >= 15 is 0 Å². The summed E-state index contributed by atoms with van der Waals surface area (Å²) >= 11 is 0. The predicted octanol–water partition coefficient (Wildman–Crippen LogP) is 3.19. The highest BCUT2D eigenvalue weighted by Gasteiger charge is 2.33. The van der Waals surface area contributed by atoms with E-state index in [1.54, 1.807) is 0 Å². The van der Waals surface area contributed by atoms with Crippen LogP contribution in [0.2, 0.25) is 0 Å². The number of aryl methyl sites for hydroxylation is 1. The summed E-state index contributed by atoms with van der Waals surface area (Å²) in [6, 6.07) is 8.10. The van der Waals surface area contributed by atoms with Crippen molar-refractivity contribution in [3.63, 3.8) is 0 Å². The van der Waals surface area contributed by atoms with Gasteiger partial charge in [0.25, 0.3) is 0 Å². The fourth-order valence-corrected chi connectivity index (χ4v) is 2.41. The largest absolute Gasteiger partial charge is 0.469 e. The molecular weight excluding hydrogens is 240 g/mol. The highest BCUT2D eigenvalue weighted by Crippen LogP contribution is 2.35. The SMILES string of the molecule is C=C1CCOC(c2ccc(C)cc2)C(C(=O)OC)C1. The molecule has 0 saturated carbocycles. The zero-order valence-corrected chi connectivity index (χ0v) is 11.5. The molecule has 0 aromatic heterocycles. The van der Waals surface area contributed by atoms with Crippen LogP contribution < -0.4 is 0 Å². The van der Waals surface area contributed by atoms with Gasteiger partial charge in [0, 0.05) is 0 Å². The van der Waals surface area contributed by atoms with Gasteiger partial charge >= 0.3 is 5.97 Å². The number of carbonyl (C=O) groups is 1. The van der Waals surface area contributed by atoms with E-state index in [1.807, 2.05) is 31.2 Å². The second-order valence-electron chi connectivity index (χ2n) is 5.04. The Morgan fingerprint density at radius 3 is 2.68 bits per heavy atom. The molecule has 2 unspecified atom stereocenters. The number of hydrogen-bond acceptors (Lipinski definition) is 3. The van der Waals surface area contributed by atoms with E-state index in [9.17, 15) is 4.79 Å². The van der Waals surface area contributed by atoms with Gasteiger partial charge in [0.1, 0.15) is 0 Å². The van der Waals surface area contributed by atoms with Gasteiger partial charge in [-0.1, -0.05) is 42.0 Å². The molecule has 1 saturated heterocycles. The maximum absolute atomic E-state index is 12.0. The molecule has 2 rings (SSSR count). The maximum atomic E-state index is 12.0. The zero-order valence-electron chi connectivity index (χ0n) is 11.5. The zero-order chi connectivity index (χ0) is 13.8. The molecule has 1 aromatic rings. The fraction of sp³-hybridized carbons (Fsp3) is 0.438. The van der Waals surface area contributed by atoms with Crippen LogP contribution in [0.1, 0.15) is 30.1 Å². The molecule has 1 aromatic carbocycles. The first-order valence-corrected chi connectivity index (χ1v) is 6.54. The Kier molecular flexibility index (Phi) is 4.38. The predicted molar refractivity (Wildman–Crippen MR) is 73.8 cm³/mol. The van der Waals surface area contributed by atoms with Crippen LogP contribution in [0.4, 0.5) is 0 Å². The van der Waals surface area contributed by atoms with Crippen molar-refractivity contribution < 1.29 is 14.3 Å². The van der Waals surface area contributed by atoms with E-state index in [0.717, 1.165) is 17.6 Å². The molecule has 3 nitrogen and oxygen atoms in total. The van der Waals surface area contributed by atoms with Gasteiger partial charge in [0.05, 0.1) is 25.7 Å². The van der Waals surface area contributed by atoms with Gasteiger partial charge in [0.2, 0.25) is 0 Å². The van der Waals surface area contributed by atoms with Gasteiger partial charge in [-0.05, 0) is 25.3 Å². The summed E-state index contributed by atoms with van der Waals surface area (Å²) in [6.07, 6.45) is 1.19. The number of methoxy groups -OCH3 is 1. The molecule has 3 heteroatoms. The van der Waals surface area contributed by atoms with Crippen LogP contribution in [-0.4, -0.2) is 19.7 Å². The topological polar surface area (TPSA) is 35.5 Å². The Balaban J connectivity index is 2.30. The lowest BCUT2D eigenvalue weighted by Gasteiger charge is -2.23. The molecule has 1 heterocycles. The number of rotatable bonds is 2. The molecule has 0 amide bonds. The average molecular weight is 260 g/mol. The van der Waals surface area contributed by atoms with E-state index < -0.39 is 0 Å². The number of carbonyl (C=O) groups excluding carboxylic acids is 1. The summed E-state index contributed by atoms with van der Waals surface area (Å²) in [5, 5.41) is 0. The second-order valence-corrected chi connectivity index (χ2v) is 5.04. The van der Waals surface area contributed by atoms with Crippen LogP contribution in [-0.2, 0) is 14.3 Å². The van der Waals surface area contributed by atoms with E-state index in [-0.39, 0.29) is 18.0 Å². The van der Waals surface area contributed by atoms with Gasteiger partial charge in [-0.25, -0.2) is 0 Å². The molecule has 102 valence electrons. The molecule has 19 heavy (non-hydrogen) atoms. The Hall–Kier alpha value is -1.61. The molecule has 2 atom stereocenters.